The van der Waals surface area contributed by atoms with Crippen LogP contribution in [-0.4, -0.2) is 43.5 Å². The molecule has 100 valence electrons. The highest BCUT2D eigenvalue weighted by molar-refractivity contribution is 5.16. The number of nitrogens with one attached hydrogen (secondary N) is 1. The number of nitrogens with zero attached hydrogens (tertiary/aromatic N) is 1. The third kappa shape index (κ3) is 4.35. The van der Waals surface area contributed by atoms with E-state index in [1.165, 1.54) is 5.56 Å². The smallest absolute Gasteiger partial charge is 0.251 e. The van der Waals surface area contributed by atoms with Crippen LogP contribution in [0.25, 0.3) is 0 Å². The van der Waals surface area contributed by atoms with Gasteiger partial charge in [0.2, 0.25) is 0 Å². The second kappa shape index (κ2) is 6.81. The molecule has 2 nitrogen and oxygen atoms in total. The van der Waals surface area contributed by atoms with Crippen LogP contribution in [-0.2, 0) is 6.42 Å². The van der Waals surface area contributed by atoms with Crippen molar-refractivity contribution in [1.82, 2.24) is 10.2 Å². The van der Waals surface area contributed by atoms with E-state index in [9.17, 15) is 8.78 Å². The van der Waals surface area contributed by atoms with Crippen LogP contribution >= 0.6 is 0 Å². The van der Waals surface area contributed by atoms with E-state index in [0.717, 1.165) is 25.9 Å². The fraction of sp³-hybridized carbons (Fsp3) is 0.571. The Morgan fingerprint density at radius 1 is 1.28 bits per heavy atom. The van der Waals surface area contributed by atoms with Gasteiger partial charge in [-0.1, -0.05) is 30.3 Å². The van der Waals surface area contributed by atoms with Crippen molar-refractivity contribution in [3.63, 3.8) is 0 Å². The molecular formula is C14H20F2N2. The van der Waals surface area contributed by atoms with E-state index < -0.39 is 6.43 Å². The summed E-state index contributed by atoms with van der Waals surface area (Å²) in [6.07, 6.45) is -0.390. The Labute approximate surface area is 107 Å². The molecule has 1 atom stereocenters. The fourth-order valence-corrected chi connectivity index (χ4v) is 2.47. The molecule has 18 heavy (non-hydrogen) atoms. The van der Waals surface area contributed by atoms with Gasteiger partial charge in [0.05, 0.1) is 6.54 Å². The lowest BCUT2D eigenvalue weighted by Crippen LogP contribution is -2.40. The number of hydrogen-bond acceptors (Lipinski definition) is 2. The predicted molar refractivity (Wildman–Crippen MR) is 69.0 cm³/mol. The fourth-order valence-electron chi connectivity index (χ4n) is 2.47. The Bertz CT molecular complexity index is 343. The van der Waals surface area contributed by atoms with Crippen molar-refractivity contribution < 1.29 is 8.78 Å². The van der Waals surface area contributed by atoms with Crippen molar-refractivity contribution in [2.24, 2.45) is 0 Å². The number of halogens is 2. The first kappa shape index (κ1) is 13.4. The predicted octanol–water partition coefficient (Wildman–Crippen LogP) is 2.16. The SMILES string of the molecule is FC(F)CN1CCCNC(Cc2ccccc2)C1. The second-order valence-electron chi connectivity index (χ2n) is 4.84. The van der Waals surface area contributed by atoms with Gasteiger partial charge < -0.3 is 5.32 Å². The van der Waals surface area contributed by atoms with Crippen molar-refractivity contribution in [1.29, 1.82) is 0 Å². The van der Waals surface area contributed by atoms with Gasteiger partial charge in [0.1, 0.15) is 0 Å². The molecule has 0 aromatic heterocycles. The maximum atomic E-state index is 12.4. The van der Waals surface area contributed by atoms with E-state index in [2.05, 4.69) is 17.4 Å². The zero-order valence-electron chi connectivity index (χ0n) is 10.5. The average molecular weight is 254 g/mol. The molecule has 1 N–H and O–H groups in total. The largest absolute Gasteiger partial charge is 0.312 e. The monoisotopic (exact) mass is 254 g/mol. The molecule has 0 bridgehead atoms. The molecule has 0 radical (unpaired) electrons. The molecular weight excluding hydrogens is 234 g/mol. The average Bonchev–Trinajstić information content (AvgIpc) is 2.55. The van der Waals surface area contributed by atoms with E-state index in [1.807, 2.05) is 23.1 Å². The summed E-state index contributed by atoms with van der Waals surface area (Å²) in [5, 5.41) is 3.45. The van der Waals surface area contributed by atoms with Crippen LogP contribution in [0.1, 0.15) is 12.0 Å². The van der Waals surface area contributed by atoms with Gasteiger partial charge in [0.25, 0.3) is 6.43 Å². The van der Waals surface area contributed by atoms with E-state index in [4.69, 9.17) is 0 Å². The molecule has 1 unspecified atom stereocenters. The minimum atomic E-state index is -2.24. The minimum Gasteiger partial charge on any atom is -0.312 e. The first-order valence-electron chi connectivity index (χ1n) is 6.52. The highest BCUT2D eigenvalue weighted by Crippen LogP contribution is 2.09. The van der Waals surface area contributed by atoms with Gasteiger partial charge in [0, 0.05) is 12.6 Å². The standard InChI is InChI=1S/C14H20F2N2/c15-14(16)11-18-8-4-7-17-13(10-18)9-12-5-2-1-3-6-12/h1-3,5-6,13-14,17H,4,7-11H2. The molecule has 2 rings (SSSR count). The summed E-state index contributed by atoms with van der Waals surface area (Å²) < 4.78 is 24.9. The molecule has 0 amide bonds. The molecule has 1 heterocycles. The molecule has 0 aliphatic carbocycles. The van der Waals surface area contributed by atoms with E-state index in [1.54, 1.807) is 0 Å². The highest BCUT2D eigenvalue weighted by atomic mass is 19.3. The van der Waals surface area contributed by atoms with Crippen LogP contribution in [0.5, 0.6) is 0 Å². The quantitative estimate of drug-likeness (QED) is 0.885. The summed E-state index contributed by atoms with van der Waals surface area (Å²) in [7, 11) is 0. The molecule has 0 spiro atoms. The van der Waals surface area contributed by atoms with Crippen molar-refractivity contribution in [2.45, 2.75) is 25.3 Å². The second-order valence-corrected chi connectivity index (χ2v) is 4.84. The first-order valence-corrected chi connectivity index (χ1v) is 6.52. The lowest BCUT2D eigenvalue weighted by atomic mass is 10.1. The Balaban J connectivity index is 1.91. The van der Waals surface area contributed by atoms with Crippen LogP contribution < -0.4 is 5.32 Å². The molecule has 1 aliphatic rings. The summed E-state index contributed by atoms with van der Waals surface area (Å²) in [6, 6.07) is 10.5. The summed E-state index contributed by atoms with van der Waals surface area (Å²) >= 11 is 0. The van der Waals surface area contributed by atoms with E-state index in [0.29, 0.717) is 6.54 Å². The molecule has 1 aliphatic heterocycles. The molecule has 1 aromatic carbocycles. The van der Waals surface area contributed by atoms with Gasteiger partial charge in [-0.05, 0) is 31.5 Å². The van der Waals surface area contributed by atoms with Gasteiger partial charge in [-0.3, -0.25) is 4.90 Å². The van der Waals surface area contributed by atoms with Crippen LogP contribution in [0, 0.1) is 0 Å². The van der Waals surface area contributed by atoms with Crippen LogP contribution in [0.15, 0.2) is 30.3 Å². The van der Waals surface area contributed by atoms with Crippen LogP contribution in [0.4, 0.5) is 8.78 Å². The normalized spacial score (nSPS) is 22.1. The molecule has 1 aromatic rings. The number of rotatable bonds is 4. The van der Waals surface area contributed by atoms with Gasteiger partial charge in [-0.25, -0.2) is 8.78 Å². The summed E-state index contributed by atoms with van der Waals surface area (Å²) in [5.74, 6) is 0. The maximum Gasteiger partial charge on any atom is 0.251 e. The minimum absolute atomic E-state index is 0.104. The lowest BCUT2D eigenvalue weighted by Gasteiger charge is -2.24. The molecule has 0 saturated carbocycles. The van der Waals surface area contributed by atoms with Crippen molar-refractivity contribution in [3.8, 4) is 0 Å². The van der Waals surface area contributed by atoms with Crippen molar-refractivity contribution >= 4 is 0 Å². The zero-order valence-corrected chi connectivity index (χ0v) is 10.5. The zero-order chi connectivity index (χ0) is 12.8. The van der Waals surface area contributed by atoms with Crippen LogP contribution in [0.3, 0.4) is 0 Å². The van der Waals surface area contributed by atoms with Crippen molar-refractivity contribution in [2.75, 3.05) is 26.2 Å². The Hall–Kier alpha value is -1.00. The highest BCUT2D eigenvalue weighted by Gasteiger charge is 2.20. The third-order valence-electron chi connectivity index (χ3n) is 3.28. The van der Waals surface area contributed by atoms with Crippen LogP contribution in [0.2, 0.25) is 0 Å². The first-order chi connectivity index (χ1) is 8.74. The molecule has 1 fully saturated rings. The Morgan fingerprint density at radius 2 is 2.06 bits per heavy atom. The maximum absolute atomic E-state index is 12.4. The van der Waals surface area contributed by atoms with Gasteiger partial charge in [-0.15, -0.1) is 0 Å². The molecule has 1 saturated heterocycles. The Kier molecular flexibility index (Phi) is 5.08. The van der Waals surface area contributed by atoms with Gasteiger partial charge in [0.15, 0.2) is 0 Å². The lowest BCUT2D eigenvalue weighted by molar-refractivity contribution is 0.0875. The van der Waals surface area contributed by atoms with Crippen molar-refractivity contribution in [3.05, 3.63) is 35.9 Å². The number of alkyl halides is 2. The van der Waals surface area contributed by atoms with Gasteiger partial charge in [-0.2, -0.15) is 0 Å². The van der Waals surface area contributed by atoms with E-state index in [-0.39, 0.29) is 12.6 Å². The number of benzene rings is 1. The number of hydrogen-bond donors (Lipinski definition) is 1. The summed E-state index contributed by atoms with van der Waals surface area (Å²) in [5.41, 5.74) is 1.26. The Morgan fingerprint density at radius 3 is 2.78 bits per heavy atom. The summed E-state index contributed by atoms with van der Waals surface area (Å²) in [6.45, 7) is 2.28. The van der Waals surface area contributed by atoms with E-state index >= 15 is 0 Å². The molecule has 4 heteroatoms. The summed E-state index contributed by atoms with van der Waals surface area (Å²) in [4.78, 5) is 1.87. The third-order valence-corrected chi connectivity index (χ3v) is 3.28. The van der Waals surface area contributed by atoms with Gasteiger partial charge >= 0.3 is 0 Å². The topological polar surface area (TPSA) is 15.3 Å².